The van der Waals surface area contributed by atoms with E-state index >= 15 is 0 Å². The predicted molar refractivity (Wildman–Crippen MR) is 92.8 cm³/mol. The molecule has 1 aromatic carbocycles. The summed E-state index contributed by atoms with van der Waals surface area (Å²) in [5, 5.41) is 18.9. The summed E-state index contributed by atoms with van der Waals surface area (Å²) in [4.78, 5) is 12.3. The summed E-state index contributed by atoms with van der Waals surface area (Å²) in [5.41, 5.74) is 0.719. The molecule has 0 aliphatic carbocycles. The third-order valence-corrected chi connectivity index (χ3v) is 4.34. The van der Waals surface area contributed by atoms with Crippen molar-refractivity contribution in [3.8, 4) is 17.2 Å². The molecule has 1 aromatic heterocycles. The molecule has 1 aliphatic heterocycles. The van der Waals surface area contributed by atoms with E-state index in [-0.39, 0.29) is 17.4 Å². The van der Waals surface area contributed by atoms with Gasteiger partial charge in [0.1, 0.15) is 11.5 Å². The van der Waals surface area contributed by atoms with Gasteiger partial charge in [0.25, 0.3) is 0 Å². The predicted octanol–water partition coefficient (Wildman–Crippen LogP) is 3.47. The molecular weight excluding hydrogens is 324 g/mol. The molecule has 0 radical (unpaired) electrons. The minimum atomic E-state index is -0.788. The lowest BCUT2D eigenvalue weighted by molar-refractivity contribution is -0.165. The van der Waals surface area contributed by atoms with Gasteiger partial charge in [-0.1, -0.05) is 19.1 Å². The number of rotatable bonds is 3. The van der Waals surface area contributed by atoms with Gasteiger partial charge in [0.2, 0.25) is 5.79 Å². The van der Waals surface area contributed by atoms with Crippen LogP contribution in [-0.2, 0) is 4.74 Å². The molecule has 3 rings (SSSR count). The van der Waals surface area contributed by atoms with Crippen molar-refractivity contribution in [2.45, 2.75) is 32.0 Å². The van der Waals surface area contributed by atoms with E-state index in [0.717, 1.165) is 0 Å². The largest absolute Gasteiger partial charge is 0.504 e. The number of hydrogen-bond donors (Lipinski definition) is 2. The van der Waals surface area contributed by atoms with Gasteiger partial charge in [-0.15, -0.1) is 0 Å². The summed E-state index contributed by atoms with van der Waals surface area (Å²) in [6.07, 6.45) is 3.81. The third kappa shape index (κ3) is 3.39. The summed E-state index contributed by atoms with van der Waals surface area (Å²) in [6.45, 7) is 3.76. The van der Waals surface area contributed by atoms with Crippen LogP contribution in [0.5, 0.6) is 17.2 Å². The number of benzene rings is 1. The summed E-state index contributed by atoms with van der Waals surface area (Å²) >= 11 is 0. The molecule has 6 nitrogen and oxygen atoms in total. The average molecular weight is 344 g/mol. The van der Waals surface area contributed by atoms with Crippen LogP contribution >= 0.6 is 0 Å². The number of phenolic OH excluding ortho intramolecular Hbond substituents is 2. The molecule has 0 unspecified atom stereocenters. The maximum Gasteiger partial charge on any atom is 0.343 e. The first-order valence-electron chi connectivity index (χ1n) is 7.93. The molecule has 2 N–H and O–H groups in total. The number of methoxy groups -OCH3 is 1. The van der Waals surface area contributed by atoms with E-state index in [9.17, 15) is 15.0 Å². The lowest BCUT2D eigenvalue weighted by Crippen LogP contribution is -2.40. The molecule has 2 aromatic rings. The fourth-order valence-electron chi connectivity index (χ4n) is 2.99. The van der Waals surface area contributed by atoms with Gasteiger partial charge in [0.05, 0.1) is 5.56 Å². The lowest BCUT2D eigenvalue weighted by atomic mass is 9.91. The van der Waals surface area contributed by atoms with Gasteiger partial charge < -0.3 is 24.1 Å². The molecule has 0 saturated carbocycles. The van der Waals surface area contributed by atoms with Gasteiger partial charge >= 0.3 is 5.63 Å². The number of aromatic hydroxyl groups is 2. The zero-order valence-corrected chi connectivity index (χ0v) is 14.3. The van der Waals surface area contributed by atoms with E-state index < -0.39 is 11.4 Å². The van der Waals surface area contributed by atoms with E-state index in [1.54, 1.807) is 31.4 Å². The molecule has 6 heteroatoms. The Kier molecular flexibility index (Phi) is 4.30. The molecule has 25 heavy (non-hydrogen) atoms. The van der Waals surface area contributed by atoms with Gasteiger partial charge in [-0.05, 0) is 29.7 Å². The van der Waals surface area contributed by atoms with Crippen molar-refractivity contribution in [2.24, 2.45) is 0 Å². The Hall–Kier alpha value is -2.73. The summed E-state index contributed by atoms with van der Waals surface area (Å²) in [6, 6.07) is 6.07. The Morgan fingerprint density at radius 1 is 1.24 bits per heavy atom. The molecule has 132 valence electrons. The molecule has 2 atom stereocenters. The molecule has 0 amide bonds. The van der Waals surface area contributed by atoms with Crippen molar-refractivity contribution in [3.63, 3.8) is 0 Å². The van der Waals surface area contributed by atoms with Gasteiger partial charge in [0.15, 0.2) is 11.5 Å². The second kappa shape index (κ2) is 6.29. The van der Waals surface area contributed by atoms with E-state index in [2.05, 4.69) is 0 Å². The first kappa shape index (κ1) is 17.1. The van der Waals surface area contributed by atoms with Crippen molar-refractivity contribution in [3.05, 3.63) is 51.6 Å². The number of hydrogen-bond acceptors (Lipinski definition) is 6. The third-order valence-electron chi connectivity index (χ3n) is 4.34. The number of fused-ring (bicyclic) bond motifs is 1. The minimum absolute atomic E-state index is 0.0444. The van der Waals surface area contributed by atoms with Gasteiger partial charge in [-0.2, -0.15) is 0 Å². The van der Waals surface area contributed by atoms with Crippen LogP contribution in [0.4, 0.5) is 0 Å². The van der Waals surface area contributed by atoms with Gasteiger partial charge in [-0.25, -0.2) is 4.79 Å². The van der Waals surface area contributed by atoms with Crippen LogP contribution in [0.2, 0.25) is 0 Å². The second-order valence-corrected chi connectivity index (χ2v) is 6.34. The van der Waals surface area contributed by atoms with Crippen LogP contribution in [0.1, 0.15) is 43.1 Å². The van der Waals surface area contributed by atoms with Crippen molar-refractivity contribution in [1.82, 2.24) is 0 Å². The van der Waals surface area contributed by atoms with E-state index in [1.165, 1.54) is 12.1 Å². The van der Waals surface area contributed by atoms with E-state index in [0.29, 0.717) is 29.1 Å². The zero-order valence-electron chi connectivity index (χ0n) is 14.3. The summed E-state index contributed by atoms with van der Waals surface area (Å²) in [7, 11) is 1.57. The molecular formula is C19H20O6. The monoisotopic (exact) mass is 344 g/mol. The van der Waals surface area contributed by atoms with Gasteiger partial charge in [-0.3, -0.25) is 0 Å². The second-order valence-electron chi connectivity index (χ2n) is 6.34. The number of phenols is 2. The maximum atomic E-state index is 12.3. The van der Waals surface area contributed by atoms with Crippen LogP contribution in [0.15, 0.2) is 33.5 Å². The van der Waals surface area contributed by atoms with Crippen LogP contribution in [0.25, 0.3) is 12.2 Å². The smallest absolute Gasteiger partial charge is 0.343 e. The highest BCUT2D eigenvalue weighted by atomic mass is 16.7. The highest BCUT2D eigenvalue weighted by molar-refractivity contribution is 5.69. The van der Waals surface area contributed by atoms with Crippen molar-refractivity contribution < 1.29 is 24.1 Å². The molecule has 0 saturated heterocycles. The lowest BCUT2D eigenvalue weighted by Gasteiger charge is -2.36. The first-order valence-corrected chi connectivity index (χ1v) is 7.93. The summed E-state index contributed by atoms with van der Waals surface area (Å²) in [5.74, 6) is -0.474. The van der Waals surface area contributed by atoms with Crippen molar-refractivity contribution >= 4 is 12.2 Å². The highest BCUT2D eigenvalue weighted by Crippen LogP contribution is 2.39. The van der Waals surface area contributed by atoms with Gasteiger partial charge in [0, 0.05) is 26.5 Å². The first-order chi connectivity index (χ1) is 11.8. The maximum absolute atomic E-state index is 12.3. The quantitative estimate of drug-likeness (QED) is 0.829. The molecule has 1 aliphatic rings. The van der Waals surface area contributed by atoms with Crippen LogP contribution in [-0.4, -0.2) is 23.1 Å². The van der Waals surface area contributed by atoms with Crippen molar-refractivity contribution in [2.75, 3.05) is 7.11 Å². The average Bonchev–Trinajstić information content (AvgIpc) is 2.55. The molecule has 0 bridgehead atoms. The SMILES string of the molecule is CO[C@]1(C)C[C@@H](C)c2c(cc(/C=C/c3ccc(O)c(O)c3)oc2=O)O1. The fourth-order valence-corrected chi connectivity index (χ4v) is 2.99. The van der Waals surface area contributed by atoms with Crippen LogP contribution < -0.4 is 10.4 Å². The van der Waals surface area contributed by atoms with E-state index in [1.807, 2.05) is 13.8 Å². The Morgan fingerprint density at radius 3 is 2.68 bits per heavy atom. The minimum Gasteiger partial charge on any atom is -0.504 e. The van der Waals surface area contributed by atoms with Crippen molar-refractivity contribution in [1.29, 1.82) is 0 Å². The van der Waals surface area contributed by atoms with Crippen LogP contribution in [0, 0.1) is 0 Å². The molecule has 0 fully saturated rings. The normalized spacial score (nSPS) is 22.6. The highest BCUT2D eigenvalue weighted by Gasteiger charge is 2.37. The Labute approximate surface area is 144 Å². The topological polar surface area (TPSA) is 89.1 Å². The Morgan fingerprint density at radius 2 is 2.00 bits per heavy atom. The Balaban J connectivity index is 1.95. The Bertz CT molecular complexity index is 882. The zero-order chi connectivity index (χ0) is 18.2. The van der Waals surface area contributed by atoms with Crippen LogP contribution in [0.3, 0.4) is 0 Å². The fraction of sp³-hybridized carbons (Fsp3) is 0.316. The summed E-state index contributed by atoms with van der Waals surface area (Å²) < 4.78 is 16.6. The molecule has 2 heterocycles. The standard InChI is InChI=1S/C19H20O6/c1-11-10-19(2,23-3)25-16-9-13(24-18(22)17(11)16)6-4-12-5-7-14(20)15(21)8-12/h4-9,11,20-21H,10H2,1-3H3/b6-4+/t11-,19+/m1/s1. The number of ether oxygens (including phenoxy) is 2. The van der Waals surface area contributed by atoms with E-state index in [4.69, 9.17) is 13.9 Å². The molecule has 0 spiro atoms.